The van der Waals surface area contributed by atoms with Gasteiger partial charge in [-0.25, -0.2) is 23.9 Å². The Labute approximate surface area is 200 Å². The molecule has 1 aliphatic heterocycles. The van der Waals surface area contributed by atoms with E-state index in [0.717, 1.165) is 29.5 Å². The van der Waals surface area contributed by atoms with E-state index >= 15 is 0 Å². The Morgan fingerprint density at radius 2 is 2.09 bits per heavy atom. The van der Waals surface area contributed by atoms with Gasteiger partial charge in [0.15, 0.2) is 17.1 Å². The van der Waals surface area contributed by atoms with Crippen LogP contribution in [0.4, 0.5) is 21.7 Å². The van der Waals surface area contributed by atoms with Crippen molar-refractivity contribution in [3.63, 3.8) is 0 Å². The van der Waals surface area contributed by atoms with Crippen molar-refractivity contribution in [2.45, 2.75) is 31.5 Å². The van der Waals surface area contributed by atoms with Crippen LogP contribution in [0.5, 0.6) is 0 Å². The first kappa shape index (κ1) is 21.7. The Kier molecular flexibility index (Phi) is 5.03. The normalized spacial score (nSPS) is 19.2. The first-order chi connectivity index (χ1) is 16.9. The zero-order chi connectivity index (χ0) is 24.2. The van der Waals surface area contributed by atoms with Crippen molar-refractivity contribution in [1.29, 1.82) is 0 Å². The number of pyridine rings is 3. The van der Waals surface area contributed by atoms with Gasteiger partial charge in [-0.3, -0.25) is 4.79 Å². The van der Waals surface area contributed by atoms with Gasteiger partial charge in [-0.1, -0.05) is 0 Å². The van der Waals surface area contributed by atoms with Crippen molar-refractivity contribution in [3.05, 3.63) is 36.8 Å². The zero-order valence-electron chi connectivity index (χ0n) is 19.5. The smallest absolute Gasteiger partial charge is 0.263 e. The lowest BCUT2D eigenvalue weighted by molar-refractivity contribution is -0.122. The van der Waals surface area contributed by atoms with Gasteiger partial charge in [-0.2, -0.15) is 0 Å². The van der Waals surface area contributed by atoms with Crippen LogP contribution in [0.3, 0.4) is 0 Å². The fraction of sp³-hybridized carbons (Fsp3) is 0.375. The summed E-state index contributed by atoms with van der Waals surface area (Å²) < 4.78 is 21.6. The largest absolute Gasteiger partial charge is 0.375 e. The SMILES string of the molecule is CNc1ncc(-c2nc3ccc(N4CCO[C@H](C)C4)cn3n2)c2cc(NC(=O)C3(F)CC3)ncc12. The van der Waals surface area contributed by atoms with Crippen molar-refractivity contribution in [2.75, 3.05) is 42.3 Å². The van der Waals surface area contributed by atoms with E-state index in [1.54, 1.807) is 30.0 Å². The molecule has 10 nitrogen and oxygen atoms in total. The highest BCUT2D eigenvalue weighted by molar-refractivity contribution is 6.04. The average Bonchev–Trinajstić information content (AvgIpc) is 3.48. The van der Waals surface area contributed by atoms with Gasteiger partial charge in [0, 0.05) is 48.9 Å². The molecule has 1 saturated carbocycles. The van der Waals surface area contributed by atoms with E-state index in [-0.39, 0.29) is 24.8 Å². The van der Waals surface area contributed by atoms with Crippen LogP contribution in [0, 0.1) is 0 Å². The highest BCUT2D eigenvalue weighted by Crippen LogP contribution is 2.41. The number of hydrogen-bond donors (Lipinski definition) is 2. The minimum Gasteiger partial charge on any atom is -0.375 e. The molecule has 35 heavy (non-hydrogen) atoms. The second-order valence-electron chi connectivity index (χ2n) is 9.06. The van der Waals surface area contributed by atoms with Crippen molar-refractivity contribution in [3.8, 4) is 11.4 Å². The minimum atomic E-state index is -1.78. The van der Waals surface area contributed by atoms with E-state index in [9.17, 15) is 9.18 Å². The molecule has 0 spiro atoms. The Morgan fingerprint density at radius 1 is 1.23 bits per heavy atom. The number of nitrogens with one attached hydrogen (secondary N) is 2. The summed E-state index contributed by atoms with van der Waals surface area (Å²) in [7, 11) is 1.77. The molecule has 5 heterocycles. The molecule has 4 aromatic rings. The number of rotatable bonds is 5. The van der Waals surface area contributed by atoms with Gasteiger partial charge in [-0.15, -0.1) is 5.10 Å². The van der Waals surface area contributed by atoms with E-state index < -0.39 is 11.6 Å². The average molecular weight is 477 g/mol. The van der Waals surface area contributed by atoms with Gasteiger partial charge in [0.2, 0.25) is 0 Å². The summed E-state index contributed by atoms with van der Waals surface area (Å²) in [5.41, 5.74) is 0.648. The second-order valence-corrected chi connectivity index (χ2v) is 9.06. The lowest BCUT2D eigenvalue weighted by Gasteiger charge is -2.32. The van der Waals surface area contributed by atoms with Gasteiger partial charge in [0.05, 0.1) is 24.6 Å². The van der Waals surface area contributed by atoms with Crippen LogP contribution in [0.1, 0.15) is 19.8 Å². The monoisotopic (exact) mass is 476 g/mol. The number of halogens is 1. The summed E-state index contributed by atoms with van der Waals surface area (Å²) in [4.78, 5) is 28.0. The molecule has 1 atom stereocenters. The molecule has 2 fully saturated rings. The minimum absolute atomic E-state index is 0.171. The van der Waals surface area contributed by atoms with Crippen LogP contribution in [0.25, 0.3) is 27.8 Å². The topological polar surface area (TPSA) is 110 Å². The summed E-state index contributed by atoms with van der Waals surface area (Å²) in [6.45, 7) is 4.39. The Hall–Kier alpha value is -3.86. The highest BCUT2D eigenvalue weighted by atomic mass is 19.1. The third-order valence-electron chi connectivity index (χ3n) is 6.51. The van der Waals surface area contributed by atoms with E-state index in [2.05, 4.69) is 32.4 Å². The van der Waals surface area contributed by atoms with Crippen molar-refractivity contribution < 1.29 is 13.9 Å². The third kappa shape index (κ3) is 3.91. The maximum Gasteiger partial charge on any atom is 0.263 e. The number of nitrogens with zero attached hydrogens (tertiary/aromatic N) is 6. The number of amides is 1. The van der Waals surface area contributed by atoms with Gasteiger partial charge in [0.25, 0.3) is 5.91 Å². The zero-order valence-corrected chi connectivity index (χ0v) is 19.5. The molecule has 6 rings (SSSR count). The van der Waals surface area contributed by atoms with Crippen molar-refractivity contribution in [1.82, 2.24) is 24.6 Å². The molecule has 0 unspecified atom stereocenters. The number of morpholine rings is 1. The quantitative estimate of drug-likeness (QED) is 0.452. The summed E-state index contributed by atoms with van der Waals surface area (Å²) in [6, 6.07) is 5.69. The van der Waals surface area contributed by atoms with Crippen LogP contribution in [0.2, 0.25) is 0 Å². The molecule has 1 amide bonds. The predicted molar refractivity (Wildman–Crippen MR) is 130 cm³/mol. The molecule has 11 heteroatoms. The molecule has 0 aromatic carbocycles. The number of anilines is 3. The van der Waals surface area contributed by atoms with Crippen LogP contribution in [-0.4, -0.2) is 69.0 Å². The number of fused-ring (bicyclic) bond motifs is 2. The number of hydrogen-bond acceptors (Lipinski definition) is 8. The van der Waals surface area contributed by atoms with Crippen LogP contribution in [-0.2, 0) is 9.53 Å². The maximum atomic E-state index is 14.2. The van der Waals surface area contributed by atoms with Gasteiger partial charge < -0.3 is 20.3 Å². The van der Waals surface area contributed by atoms with Gasteiger partial charge in [-0.05, 0) is 38.0 Å². The molecular weight excluding hydrogens is 451 g/mol. The van der Waals surface area contributed by atoms with Crippen LogP contribution >= 0.6 is 0 Å². The molecule has 4 aromatic heterocycles. The molecule has 1 saturated heterocycles. The Morgan fingerprint density at radius 3 is 2.86 bits per heavy atom. The standard InChI is InChI=1S/C24H25FN8O2/c1-14-12-32(7-8-35-14)15-3-4-20-30-22(31-33(20)13-15)18-11-28-21(26-2)17-10-27-19(9-16(17)18)29-23(34)24(25)5-6-24/h3-4,9-11,13-14H,5-8,12H2,1-2H3,(H,26,28)(H,27,29,34)/t14-/m1/s1. The summed E-state index contributed by atoms with van der Waals surface area (Å²) >= 11 is 0. The molecule has 2 aliphatic rings. The Balaban J connectivity index is 1.40. The summed E-state index contributed by atoms with van der Waals surface area (Å²) in [5, 5.41) is 11.9. The molecule has 180 valence electrons. The summed E-state index contributed by atoms with van der Waals surface area (Å²) in [5.74, 6) is 0.731. The van der Waals surface area contributed by atoms with Crippen LogP contribution < -0.4 is 15.5 Å². The van der Waals surface area contributed by atoms with Gasteiger partial charge >= 0.3 is 0 Å². The number of carbonyl (C=O) groups excluding carboxylic acids is 1. The van der Waals surface area contributed by atoms with Gasteiger partial charge in [0.1, 0.15) is 11.6 Å². The Bertz CT molecular complexity index is 1450. The van der Waals surface area contributed by atoms with E-state index in [4.69, 9.17) is 14.8 Å². The van der Waals surface area contributed by atoms with Crippen LogP contribution in [0.15, 0.2) is 36.8 Å². The first-order valence-electron chi connectivity index (χ1n) is 11.6. The van der Waals surface area contributed by atoms with E-state index in [1.807, 2.05) is 18.3 Å². The molecule has 2 N–H and O–H groups in total. The molecule has 0 bridgehead atoms. The van der Waals surface area contributed by atoms with Crippen molar-refractivity contribution >= 4 is 39.6 Å². The molecule has 1 aliphatic carbocycles. The second kappa shape index (κ2) is 8.12. The molecule has 0 radical (unpaired) electrons. The lowest BCUT2D eigenvalue weighted by atomic mass is 10.1. The lowest BCUT2D eigenvalue weighted by Crippen LogP contribution is -2.41. The number of carbonyl (C=O) groups is 1. The predicted octanol–water partition coefficient (Wildman–Crippen LogP) is 3.05. The maximum absolute atomic E-state index is 14.2. The highest BCUT2D eigenvalue weighted by Gasteiger charge is 2.51. The molecular formula is C24H25FN8O2. The van der Waals surface area contributed by atoms with Crippen molar-refractivity contribution in [2.24, 2.45) is 0 Å². The van der Waals surface area contributed by atoms with E-state index in [1.165, 1.54) is 0 Å². The first-order valence-corrected chi connectivity index (χ1v) is 11.6. The third-order valence-corrected chi connectivity index (χ3v) is 6.51. The number of ether oxygens (including phenoxy) is 1. The summed E-state index contributed by atoms with van der Waals surface area (Å²) in [6.07, 6.45) is 5.91. The fourth-order valence-electron chi connectivity index (χ4n) is 4.37. The fourth-order valence-corrected chi connectivity index (χ4v) is 4.37. The van der Waals surface area contributed by atoms with E-state index in [0.29, 0.717) is 29.5 Å². The number of aromatic nitrogens is 5. The number of alkyl halides is 1.